The lowest BCUT2D eigenvalue weighted by atomic mass is 9.85. The Labute approximate surface area is 104 Å². The van der Waals surface area contributed by atoms with Crippen LogP contribution in [0.4, 0.5) is 0 Å². The first kappa shape index (κ1) is 14.5. The number of nitrogens with zero attached hydrogens (tertiary/aromatic N) is 1. The molecule has 17 heavy (non-hydrogen) atoms. The van der Waals surface area contributed by atoms with E-state index in [4.69, 9.17) is 9.47 Å². The molecule has 1 aliphatic heterocycles. The smallest absolute Gasteiger partial charge is 0.311 e. The van der Waals surface area contributed by atoms with E-state index in [0.29, 0.717) is 6.61 Å². The molecule has 4 heteroatoms. The van der Waals surface area contributed by atoms with Crippen LogP contribution in [-0.2, 0) is 14.3 Å². The van der Waals surface area contributed by atoms with Gasteiger partial charge in [0.2, 0.25) is 0 Å². The van der Waals surface area contributed by atoms with Crippen LogP contribution in [-0.4, -0.2) is 50.3 Å². The van der Waals surface area contributed by atoms with Gasteiger partial charge in [0, 0.05) is 19.6 Å². The molecule has 0 aromatic heterocycles. The summed E-state index contributed by atoms with van der Waals surface area (Å²) >= 11 is 0. The number of carbonyl (C=O) groups is 1. The fourth-order valence-corrected chi connectivity index (χ4v) is 1.81. The number of morpholine rings is 1. The molecule has 0 N–H and O–H groups in total. The number of carbonyl (C=O) groups excluding carboxylic acids is 1. The Bertz CT molecular complexity index is 233. The molecule has 0 bridgehead atoms. The topological polar surface area (TPSA) is 38.8 Å². The van der Waals surface area contributed by atoms with Crippen LogP contribution < -0.4 is 0 Å². The second-order valence-corrected chi connectivity index (χ2v) is 4.86. The van der Waals surface area contributed by atoms with Gasteiger partial charge in [-0.3, -0.25) is 9.69 Å². The van der Waals surface area contributed by atoms with Crippen molar-refractivity contribution < 1.29 is 14.3 Å². The lowest BCUT2D eigenvalue weighted by molar-refractivity contribution is -0.156. The Morgan fingerprint density at radius 2 is 1.88 bits per heavy atom. The Balaban J connectivity index is 2.23. The van der Waals surface area contributed by atoms with Gasteiger partial charge in [-0.15, -0.1) is 0 Å². The number of esters is 1. The molecule has 0 amide bonds. The highest BCUT2D eigenvalue weighted by molar-refractivity contribution is 5.76. The summed E-state index contributed by atoms with van der Waals surface area (Å²) in [4.78, 5) is 14.2. The fourth-order valence-electron chi connectivity index (χ4n) is 1.81. The zero-order valence-electron chi connectivity index (χ0n) is 11.3. The molecule has 100 valence electrons. The van der Waals surface area contributed by atoms with E-state index >= 15 is 0 Å². The summed E-state index contributed by atoms with van der Waals surface area (Å²) in [7, 11) is 0. The molecule has 4 nitrogen and oxygen atoms in total. The molecule has 1 heterocycles. The number of hydrogen-bond donors (Lipinski definition) is 0. The maximum atomic E-state index is 11.9. The second kappa shape index (κ2) is 6.97. The van der Waals surface area contributed by atoms with Crippen molar-refractivity contribution in [2.24, 2.45) is 5.41 Å². The number of hydrogen-bond acceptors (Lipinski definition) is 4. The highest BCUT2D eigenvalue weighted by Gasteiger charge is 2.30. The summed E-state index contributed by atoms with van der Waals surface area (Å²) in [6.07, 6.45) is 1.67. The Morgan fingerprint density at radius 1 is 1.29 bits per heavy atom. The number of ether oxygens (including phenoxy) is 2. The van der Waals surface area contributed by atoms with Gasteiger partial charge < -0.3 is 9.47 Å². The van der Waals surface area contributed by atoms with Crippen LogP contribution in [0.3, 0.4) is 0 Å². The third kappa shape index (κ3) is 4.28. The molecule has 1 rings (SSSR count). The highest BCUT2D eigenvalue weighted by Crippen LogP contribution is 2.26. The van der Waals surface area contributed by atoms with Gasteiger partial charge in [0.25, 0.3) is 0 Å². The zero-order valence-corrected chi connectivity index (χ0v) is 11.3. The van der Waals surface area contributed by atoms with Crippen molar-refractivity contribution in [3.8, 4) is 0 Å². The minimum Gasteiger partial charge on any atom is -0.464 e. The first-order valence-electron chi connectivity index (χ1n) is 6.59. The standard InChI is InChI=1S/C13H25NO3/c1-4-13(3,5-2)12(15)17-11-8-14-6-9-16-10-7-14/h4-11H2,1-3H3. The van der Waals surface area contributed by atoms with E-state index in [9.17, 15) is 4.79 Å². The van der Waals surface area contributed by atoms with Crippen LogP contribution in [0.25, 0.3) is 0 Å². The Hall–Kier alpha value is -0.610. The summed E-state index contributed by atoms with van der Waals surface area (Å²) < 4.78 is 10.6. The maximum absolute atomic E-state index is 11.9. The van der Waals surface area contributed by atoms with Crippen molar-refractivity contribution in [3.05, 3.63) is 0 Å². The van der Waals surface area contributed by atoms with E-state index in [1.807, 2.05) is 20.8 Å². The monoisotopic (exact) mass is 243 g/mol. The van der Waals surface area contributed by atoms with Gasteiger partial charge in [-0.1, -0.05) is 13.8 Å². The van der Waals surface area contributed by atoms with Crippen LogP contribution >= 0.6 is 0 Å². The van der Waals surface area contributed by atoms with E-state index in [-0.39, 0.29) is 11.4 Å². The summed E-state index contributed by atoms with van der Waals surface area (Å²) in [6.45, 7) is 10.8. The second-order valence-electron chi connectivity index (χ2n) is 4.86. The van der Waals surface area contributed by atoms with E-state index in [2.05, 4.69) is 4.90 Å². The van der Waals surface area contributed by atoms with E-state index in [0.717, 1.165) is 45.7 Å². The van der Waals surface area contributed by atoms with Gasteiger partial charge in [0.05, 0.1) is 18.6 Å². The quantitative estimate of drug-likeness (QED) is 0.665. The molecule has 0 unspecified atom stereocenters. The fraction of sp³-hybridized carbons (Fsp3) is 0.923. The molecule has 0 atom stereocenters. The van der Waals surface area contributed by atoms with Gasteiger partial charge in [0.15, 0.2) is 0 Å². The molecule has 1 aliphatic rings. The molecule has 0 aromatic rings. The van der Waals surface area contributed by atoms with Gasteiger partial charge in [-0.05, 0) is 19.8 Å². The molecular weight excluding hydrogens is 218 g/mol. The van der Waals surface area contributed by atoms with Crippen molar-refractivity contribution in [1.29, 1.82) is 0 Å². The van der Waals surface area contributed by atoms with Gasteiger partial charge in [-0.25, -0.2) is 0 Å². The van der Waals surface area contributed by atoms with Gasteiger partial charge in [-0.2, -0.15) is 0 Å². The zero-order chi connectivity index (χ0) is 12.7. The van der Waals surface area contributed by atoms with Crippen molar-refractivity contribution in [2.75, 3.05) is 39.5 Å². The van der Waals surface area contributed by atoms with Crippen molar-refractivity contribution >= 4 is 5.97 Å². The molecule has 1 fully saturated rings. The SMILES string of the molecule is CCC(C)(CC)C(=O)OCCN1CCOCC1. The molecule has 0 radical (unpaired) electrons. The first-order chi connectivity index (χ1) is 8.12. The van der Waals surface area contributed by atoms with Crippen LogP contribution in [0.1, 0.15) is 33.6 Å². The average Bonchev–Trinajstić information content (AvgIpc) is 2.39. The van der Waals surface area contributed by atoms with Crippen molar-refractivity contribution in [1.82, 2.24) is 4.90 Å². The van der Waals surface area contributed by atoms with Crippen molar-refractivity contribution in [3.63, 3.8) is 0 Å². The van der Waals surface area contributed by atoms with Crippen LogP contribution in [0, 0.1) is 5.41 Å². The molecule has 1 saturated heterocycles. The van der Waals surface area contributed by atoms with Crippen LogP contribution in [0.2, 0.25) is 0 Å². The van der Waals surface area contributed by atoms with E-state index in [1.165, 1.54) is 0 Å². The van der Waals surface area contributed by atoms with Gasteiger partial charge in [0.1, 0.15) is 6.61 Å². The maximum Gasteiger partial charge on any atom is 0.311 e. The lowest BCUT2D eigenvalue weighted by Crippen LogP contribution is -2.39. The number of rotatable bonds is 6. The van der Waals surface area contributed by atoms with Crippen LogP contribution in [0.15, 0.2) is 0 Å². The van der Waals surface area contributed by atoms with Crippen LogP contribution in [0.5, 0.6) is 0 Å². The summed E-state index contributed by atoms with van der Waals surface area (Å²) in [5, 5.41) is 0. The van der Waals surface area contributed by atoms with E-state index in [1.54, 1.807) is 0 Å². The molecule has 0 saturated carbocycles. The average molecular weight is 243 g/mol. The Kier molecular flexibility index (Phi) is 5.92. The minimum absolute atomic E-state index is 0.0595. The predicted octanol–water partition coefficient (Wildman–Crippen LogP) is 1.69. The largest absolute Gasteiger partial charge is 0.464 e. The molecule has 0 spiro atoms. The molecule has 0 aliphatic carbocycles. The minimum atomic E-state index is -0.314. The molecule has 0 aromatic carbocycles. The molecular formula is C13H25NO3. The lowest BCUT2D eigenvalue weighted by Gasteiger charge is -2.28. The third-order valence-electron chi connectivity index (χ3n) is 3.80. The summed E-state index contributed by atoms with van der Waals surface area (Å²) in [5.41, 5.74) is -0.314. The van der Waals surface area contributed by atoms with Crippen molar-refractivity contribution in [2.45, 2.75) is 33.6 Å². The first-order valence-corrected chi connectivity index (χ1v) is 6.59. The predicted molar refractivity (Wildman–Crippen MR) is 66.9 cm³/mol. The third-order valence-corrected chi connectivity index (χ3v) is 3.80. The summed E-state index contributed by atoms with van der Waals surface area (Å²) in [5.74, 6) is -0.0595. The van der Waals surface area contributed by atoms with E-state index < -0.39 is 0 Å². The Morgan fingerprint density at radius 3 is 2.41 bits per heavy atom. The summed E-state index contributed by atoms with van der Waals surface area (Å²) in [6, 6.07) is 0. The normalized spacial score (nSPS) is 18.1. The highest BCUT2D eigenvalue weighted by atomic mass is 16.5. The van der Waals surface area contributed by atoms with Gasteiger partial charge >= 0.3 is 5.97 Å².